The normalized spacial score (nSPS) is 15.6. The molecule has 1 aliphatic rings. The van der Waals surface area contributed by atoms with Crippen molar-refractivity contribution in [1.29, 1.82) is 0 Å². The number of hydrogen-bond donors (Lipinski definition) is 2. The van der Waals surface area contributed by atoms with Gasteiger partial charge in [-0.05, 0) is 44.2 Å². The fraction of sp³-hybridized carbons (Fsp3) is 0.706. The third-order valence-corrected chi connectivity index (χ3v) is 5.14. The molecule has 24 heavy (non-hydrogen) atoms. The average Bonchev–Trinajstić information content (AvgIpc) is 3.00. The van der Waals surface area contributed by atoms with Crippen LogP contribution in [0, 0.1) is 0 Å². The number of fused-ring (bicyclic) bond motifs is 1. The summed E-state index contributed by atoms with van der Waals surface area (Å²) in [5.41, 5.74) is 1.27. The highest BCUT2D eigenvalue weighted by atomic mass is 127. The molecule has 0 radical (unpaired) electrons. The minimum atomic E-state index is -0.232. The van der Waals surface area contributed by atoms with Crippen LogP contribution in [0.1, 0.15) is 31.2 Å². The largest absolute Gasteiger partial charge is 0.377 e. The first-order valence-electron chi connectivity index (χ1n) is 8.39. The van der Waals surface area contributed by atoms with Crippen molar-refractivity contribution in [3.05, 3.63) is 21.9 Å². The smallest absolute Gasteiger partial charge is 0.191 e. The highest BCUT2D eigenvalue weighted by Crippen LogP contribution is 2.23. The average molecular weight is 466 g/mol. The van der Waals surface area contributed by atoms with Crippen LogP contribution in [0.5, 0.6) is 0 Å². The Morgan fingerprint density at radius 3 is 2.92 bits per heavy atom. The van der Waals surface area contributed by atoms with E-state index in [2.05, 4.69) is 38.9 Å². The van der Waals surface area contributed by atoms with Crippen LogP contribution in [0.2, 0.25) is 0 Å². The zero-order chi connectivity index (χ0) is 16.7. The Morgan fingerprint density at radius 2 is 2.21 bits per heavy atom. The number of halogens is 1. The molecule has 1 aromatic heterocycles. The Morgan fingerprint density at radius 1 is 1.42 bits per heavy atom. The molecule has 0 atom stereocenters. The lowest BCUT2D eigenvalue weighted by molar-refractivity contribution is 0.0310. The molecule has 5 nitrogen and oxygen atoms in total. The zero-order valence-corrected chi connectivity index (χ0v) is 18.4. The molecule has 0 aromatic carbocycles. The van der Waals surface area contributed by atoms with E-state index < -0.39 is 0 Å². The number of thiophene rings is 1. The molecule has 0 saturated carbocycles. The van der Waals surface area contributed by atoms with Crippen LogP contribution in [0.4, 0.5) is 0 Å². The minimum absolute atomic E-state index is 0. The highest BCUT2D eigenvalue weighted by molar-refractivity contribution is 14.0. The molecular formula is C17H31IN4OS. The molecular weight excluding hydrogens is 435 g/mol. The third-order valence-electron chi connectivity index (χ3n) is 4.12. The fourth-order valence-electron chi connectivity index (χ4n) is 2.51. The van der Waals surface area contributed by atoms with Crippen LogP contribution in [0.15, 0.2) is 16.4 Å². The molecule has 0 spiro atoms. The van der Waals surface area contributed by atoms with E-state index in [1.807, 2.05) is 25.2 Å². The lowest BCUT2D eigenvalue weighted by Crippen LogP contribution is -2.43. The van der Waals surface area contributed by atoms with Crippen LogP contribution in [-0.4, -0.2) is 56.3 Å². The molecule has 0 saturated heterocycles. The molecule has 0 unspecified atom stereocenters. The molecule has 0 aliphatic carbocycles. The van der Waals surface area contributed by atoms with Crippen molar-refractivity contribution in [2.75, 3.05) is 39.8 Å². The van der Waals surface area contributed by atoms with Gasteiger partial charge in [0.1, 0.15) is 0 Å². The number of aliphatic imine (C=N–C) groups is 1. The Bertz CT molecular complexity index is 518. The number of guanidine groups is 1. The predicted octanol–water partition coefficient (Wildman–Crippen LogP) is 2.70. The van der Waals surface area contributed by atoms with E-state index in [4.69, 9.17) is 4.74 Å². The van der Waals surface area contributed by atoms with Crippen LogP contribution in [0.3, 0.4) is 0 Å². The number of ether oxygens (including phenoxy) is 1. The Kier molecular flexibility index (Phi) is 9.54. The summed E-state index contributed by atoms with van der Waals surface area (Å²) >= 11 is 1.89. The van der Waals surface area contributed by atoms with Gasteiger partial charge >= 0.3 is 0 Å². The number of nitrogens with one attached hydrogen (secondary N) is 2. The van der Waals surface area contributed by atoms with Gasteiger partial charge in [0.05, 0.1) is 12.1 Å². The van der Waals surface area contributed by atoms with E-state index in [9.17, 15) is 0 Å². The second-order valence-corrected chi connectivity index (χ2v) is 7.48. The summed E-state index contributed by atoms with van der Waals surface area (Å²) < 4.78 is 5.42. The van der Waals surface area contributed by atoms with Gasteiger partial charge in [-0.1, -0.05) is 0 Å². The van der Waals surface area contributed by atoms with E-state index in [0.29, 0.717) is 6.54 Å². The number of methoxy groups -OCH3 is 1. The minimum Gasteiger partial charge on any atom is -0.377 e. The molecule has 138 valence electrons. The van der Waals surface area contributed by atoms with Crippen molar-refractivity contribution >= 4 is 41.3 Å². The first-order valence-corrected chi connectivity index (χ1v) is 9.27. The summed E-state index contributed by atoms with van der Waals surface area (Å²) in [7, 11) is 1.73. The second-order valence-electron chi connectivity index (χ2n) is 6.48. The molecule has 0 fully saturated rings. The van der Waals surface area contributed by atoms with Gasteiger partial charge in [0.25, 0.3) is 0 Å². The molecule has 0 amide bonds. The van der Waals surface area contributed by atoms with Crippen LogP contribution < -0.4 is 10.6 Å². The van der Waals surface area contributed by atoms with Crippen LogP contribution in [-0.2, 0) is 17.7 Å². The maximum absolute atomic E-state index is 5.42. The van der Waals surface area contributed by atoms with E-state index in [-0.39, 0.29) is 29.6 Å². The first-order chi connectivity index (χ1) is 11.0. The summed E-state index contributed by atoms with van der Waals surface area (Å²) in [6, 6.07) is 2.26. The van der Waals surface area contributed by atoms with Crippen LogP contribution in [0.25, 0.3) is 0 Å². The number of rotatable bonds is 7. The quantitative estimate of drug-likeness (QED) is 0.369. The van der Waals surface area contributed by atoms with E-state index >= 15 is 0 Å². The molecule has 2 heterocycles. The van der Waals surface area contributed by atoms with Gasteiger partial charge in [-0.25, -0.2) is 0 Å². The molecule has 1 aromatic rings. The molecule has 0 bridgehead atoms. The van der Waals surface area contributed by atoms with Crippen molar-refractivity contribution in [3.63, 3.8) is 0 Å². The van der Waals surface area contributed by atoms with Gasteiger partial charge in [-0.3, -0.25) is 9.89 Å². The van der Waals surface area contributed by atoms with Gasteiger partial charge in [0.2, 0.25) is 0 Å². The van der Waals surface area contributed by atoms with Gasteiger partial charge < -0.3 is 15.4 Å². The second kappa shape index (κ2) is 10.6. The first kappa shape index (κ1) is 21.7. The lowest BCUT2D eigenvalue weighted by Gasteiger charge is -2.27. The van der Waals surface area contributed by atoms with E-state index in [1.165, 1.54) is 12.0 Å². The van der Waals surface area contributed by atoms with Gasteiger partial charge in [-0.2, -0.15) is 0 Å². The van der Waals surface area contributed by atoms with Crippen molar-refractivity contribution in [2.45, 2.75) is 39.3 Å². The molecule has 1 aliphatic heterocycles. The fourth-order valence-corrected chi connectivity index (χ4v) is 3.40. The monoisotopic (exact) mass is 466 g/mol. The molecule has 2 N–H and O–H groups in total. The van der Waals surface area contributed by atoms with Crippen molar-refractivity contribution < 1.29 is 4.74 Å². The summed E-state index contributed by atoms with van der Waals surface area (Å²) in [4.78, 5) is 8.68. The predicted molar refractivity (Wildman–Crippen MR) is 114 cm³/mol. The van der Waals surface area contributed by atoms with E-state index in [1.54, 1.807) is 12.0 Å². The van der Waals surface area contributed by atoms with Crippen molar-refractivity contribution in [2.24, 2.45) is 4.99 Å². The standard InChI is InChI=1S/C17H30N4OS.HI/c1-5-18-16(20-13-17(2,3)22-4)19-8-10-21-9-6-15-14(12-21)7-11-23-15;/h7,11H,5-6,8-10,12-13H2,1-4H3,(H2,18,19,20);1H. The number of hydrogen-bond acceptors (Lipinski definition) is 4. The molecule has 7 heteroatoms. The summed E-state index contributed by atoms with van der Waals surface area (Å²) in [5.74, 6) is 0.867. The summed E-state index contributed by atoms with van der Waals surface area (Å²) in [5, 5.41) is 8.93. The summed E-state index contributed by atoms with van der Waals surface area (Å²) in [6.45, 7) is 11.8. The third kappa shape index (κ3) is 6.85. The Labute approximate surface area is 167 Å². The highest BCUT2D eigenvalue weighted by Gasteiger charge is 2.17. The van der Waals surface area contributed by atoms with Crippen molar-refractivity contribution in [1.82, 2.24) is 15.5 Å². The SMILES string of the molecule is CCNC(=NCC(C)(C)OC)NCCN1CCc2sccc2C1.I. The maximum atomic E-state index is 5.42. The van der Waals surface area contributed by atoms with Crippen molar-refractivity contribution in [3.8, 4) is 0 Å². The number of nitrogens with zero attached hydrogens (tertiary/aromatic N) is 2. The maximum Gasteiger partial charge on any atom is 0.191 e. The topological polar surface area (TPSA) is 48.9 Å². The summed E-state index contributed by atoms with van der Waals surface area (Å²) in [6.07, 6.45) is 1.18. The Balaban J connectivity index is 0.00000288. The van der Waals surface area contributed by atoms with Gasteiger partial charge in [0.15, 0.2) is 5.96 Å². The zero-order valence-electron chi connectivity index (χ0n) is 15.2. The Hall–Kier alpha value is -0.380. The van der Waals surface area contributed by atoms with Gasteiger partial charge in [-0.15, -0.1) is 35.3 Å². The molecule has 2 rings (SSSR count). The van der Waals surface area contributed by atoms with E-state index in [0.717, 1.165) is 38.7 Å². The lowest BCUT2D eigenvalue weighted by atomic mass is 10.1. The van der Waals surface area contributed by atoms with Gasteiger partial charge in [0, 0.05) is 44.7 Å². The van der Waals surface area contributed by atoms with Crippen LogP contribution >= 0.6 is 35.3 Å².